The van der Waals surface area contributed by atoms with Gasteiger partial charge in [-0.1, -0.05) is 31.5 Å². The van der Waals surface area contributed by atoms with Crippen molar-refractivity contribution in [3.63, 3.8) is 0 Å². The zero-order valence-electron chi connectivity index (χ0n) is 13.3. The third-order valence-electron chi connectivity index (χ3n) is 3.46. The number of sulfonamides is 1. The van der Waals surface area contributed by atoms with Crippen molar-refractivity contribution in [3.8, 4) is 0 Å². The second-order valence-corrected chi connectivity index (χ2v) is 7.36. The largest absolute Gasteiger partial charge is 0.323 e. The van der Waals surface area contributed by atoms with Crippen LogP contribution in [0.5, 0.6) is 0 Å². The first-order valence-corrected chi connectivity index (χ1v) is 9.35. The minimum Gasteiger partial charge on any atom is -0.323 e. The van der Waals surface area contributed by atoms with E-state index in [0.717, 1.165) is 24.5 Å². The van der Waals surface area contributed by atoms with Gasteiger partial charge in [0.1, 0.15) is 0 Å². The summed E-state index contributed by atoms with van der Waals surface area (Å²) >= 11 is 0. The van der Waals surface area contributed by atoms with Crippen LogP contribution < -0.4 is 5.32 Å². The third-order valence-corrected chi connectivity index (χ3v) is 4.71. The van der Waals surface area contributed by atoms with E-state index in [0.29, 0.717) is 17.7 Å². The molecule has 23 heavy (non-hydrogen) atoms. The number of hydrogen-bond donors (Lipinski definition) is 1. The molecule has 1 heterocycles. The van der Waals surface area contributed by atoms with Gasteiger partial charge in [0.05, 0.1) is 24.0 Å². The van der Waals surface area contributed by atoms with Crippen molar-refractivity contribution in [2.24, 2.45) is 0 Å². The Bertz CT molecular complexity index is 785. The van der Waals surface area contributed by atoms with Crippen molar-refractivity contribution in [1.82, 2.24) is 9.29 Å². The molecule has 0 saturated heterocycles. The van der Waals surface area contributed by atoms with Gasteiger partial charge >= 0.3 is 0 Å². The van der Waals surface area contributed by atoms with E-state index >= 15 is 0 Å². The number of para-hydroxylation sites is 1. The van der Waals surface area contributed by atoms with Gasteiger partial charge in [-0.2, -0.15) is 4.31 Å². The maximum atomic E-state index is 12.2. The first-order chi connectivity index (χ1) is 10.9. The van der Waals surface area contributed by atoms with Gasteiger partial charge < -0.3 is 5.32 Å². The fourth-order valence-electron chi connectivity index (χ4n) is 2.25. The number of unbranched alkanes of at least 4 members (excludes halogenated alkanes) is 1. The molecule has 6 nitrogen and oxygen atoms in total. The average Bonchev–Trinajstić information content (AvgIpc) is 2.50. The van der Waals surface area contributed by atoms with Crippen LogP contribution in [0.3, 0.4) is 0 Å². The number of benzene rings is 1. The van der Waals surface area contributed by atoms with Crippen LogP contribution in [0.4, 0.5) is 5.69 Å². The quantitative estimate of drug-likeness (QED) is 0.841. The maximum absolute atomic E-state index is 12.2. The Morgan fingerprint density at radius 2 is 2.00 bits per heavy atom. The van der Waals surface area contributed by atoms with E-state index in [-0.39, 0.29) is 12.5 Å². The number of aromatic nitrogens is 1. The molecule has 2 rings (SSSR count). The Morgan fingerprint density at radius 1 is 1.26 bits per heavy atom. The maximum Gasteiger partial charge on any atom is 0.239 e. The lowest BCUT2D eigenvalue weighted by Crippen LogP contribution is -2.38. The predicted molar refractivity (Wildman–Crippen MR) is 91.7 cm³/mol. The standard InChI is InChI=1S/C16H21N3O3S/c1-3-4-11-19(23(2,21)22)12-15(20)18-14-9-5-7-13-8-6-10-17-16(13)14/h5-10H,3-4,11-12H2,1-2H3,(H,18,20). The summed E-state index contributed by atoms with van der Waals surface area (Å²) in [6.45, 7) is 2.13. The van der Waals surface area contributed by atoms with Crippen molar-refractivity contribution in [3.05, 3.63) is 36.5 Å². The number of anilines is 1. The molecular weight excluding hydrogens is 314 g/mol. The molecule has 1 N–H and O–H groups in total. The van der Waals surface area contributed by atoms with E-state index < -0.39 is 10.0 Å². The van der Waals surface area contributed by atoms with E-state index in [1.54, 1.807) is 12.3 Å². The van der Waals surface area contributed by atoms with Crippen molar-refractivity contribution < 1.29 is 13.2 Å². The Morgan fingerprint density at radius 3 is 2.70 bits per heavy atom. The molecule has 1 aromatic heterocycles. The number of rotatable bonds is 7. The highest BCUT2D eigenvalue weighted by Crippen LogP contribution is 2.20. The molecule has 1 aromatic carbocycles. The molecule has 7 heteroatoms. The van der Waals surface area contributed by atoms with Gasteiger partial charge in [-0.05, 0) is 18.6 Å². The normalized spacial score (nSPS) is 11.8. The fourth-order valence-corrected chi connectivity index (χ4v) is 3.06. The molecule has 2 aromatic rings. The molecule has 0 unspecified atom stereocenters. The number of pyridine rings is 1. The highest BCUT2D eigenvalue weighted by atomic mass is 32.2. The molecule has 0 aliphatic carbocycles. The second-order valence-electron chi connectivity index (χ2n) is 5.38. The van der Waals surface area contributed by atoms with Crippen LogP contribution >= 0.6 is 0 Å². The summed E-state index contributed by atoms with van der Waals surface area (Å²) in [6, 6.07) is 9.21. The summed E-state index contributed by atoms with van der Waals surface area (Å²) in [7, 11) is -3.41. The summed E-state index contributed by atoms with van der Waals surface area (Å²) in [5, 5.41) is 3.67. The van der Waals surface area contributed by atoms with Crippen LogP contribution in [0.25, 0.3) is 10.9 Å². The van der Waals surface area contributed by atoms with E-state index in [4.69, 9.17) is 0 Å². The van der Waals surface area contributed by atoms with Crippen LogP contribution in [-0.2, 0) is 14.8 Å². The number of nitrogens with zero attached hydrogens (tertiary/aromatic N) is 2. The SMILES string of the molecule is CCCCN(CC(=O)Nc1cccc2cccnc12)S(C)(=O)=O. The zero-order chi connectivity index (χ0) is 16.9. The Labute approximate surface area is 136 Å². The number of amides is 1. The van der Waals surface area contributed by atoms with E-state index in [1.807, 2.05) is 31.2 Å². The first-order valence-electron chi connectivity index (χ1n) is 7.50. The molecule has 0 atom stereocenters. The van der Waals surface area contributed by atoms with E-state index in [9.17, 15) is 13.2 Å². The van der Waals surface area contributed by atoms with Crippen LogP contribution in [-0.4, -0.2) is 43.0 Å². The minimum absolute atomic E-state index is 0.192. The summed E-state index contributed by atoms with van der Waals surface area (Å²) in [4.78, 5) is 16.5. The molecule has 0 radical (unpaired) electrons. The highest BCUT2D eigenvalue weighted by molar-refractivity contribution is 7.88. The summed E-state index contributed by atoms with van der Waals surface area (Å²) in [6.07, 6.45) is 4.36. The van der Waals surface area contributed by atoms with Crippen molar-refractivity contribution >= 4 is 32.5 Å². The van der Waals surface area contributed by atoms with Crippen molar-refractivity contribution in [2.45, 2.75) is 19.8 Å². The van der Waals surface area contributed by atoms with Gasteiger partial charge in [-0.15, -0.1) is 0 Å². The molecule has 0 spiro atoms. The van der Waals surface area contributed by atoms with Crippen LogP contribution in [0.2, 0.25) is 0 Å². The first kappa shape index (κ1) is 17.4. The molecule has 0 bridgehead atoms. The van der Waals surface area contributed by atoms with Crippen molar-refractivity contribution in [2.75, 3.05) is 24.7 Å². The van der Waals surface area contributed by atoms with Crippen molar-refractivity contribution in [1.29, 1.82) is 0 Å². The van der Waals surface area contributed by atoms with E-state index in [2.05, 4.69) is 10.3 Å². The lowest BCUT2D eigenvalue weighted by molar-refractivity contribution is -0.116. The number of hydrogen-bond acceptors (Lipinski definition) is 4. The van der Waals surface area contributed by atoms with Gasteiger partial charge in [-0.25, -0.2) is 8.42 Å². The summed E-state index contributed by atoms with van der Waals surface area (Å²) in [5.74, 6) is -0.371. The smallest absolute Gasteiger partial charge is 0.239 e. The summed E-state index contributed by atoms with van der Waals surface area (Å²) in [5.41, 5.74) is 1.26. The van der Waals surface area contributed by atoms with Crippen LogP contribution in [0.15, 0.2) is 36.5 Å². The van der Waals surface area contributed by atoms with Gasteiger partial charge in [0, 0.05) is 18.1 Å². The fraction of sp³-hybridized carbons (Fsp3) is 0.375. The molecule has 0 aliphatic rings. The molecule has 1 amide bonds. The van der Waals surface area contributed by atoms with Gasteiger partial charge in [-0.3, -0.25) is 9.78 Å². The monoisotopic (exact) mass is 335 g/mol. The Balaban J connectivity index is 2.14. The molecule has 0 saturated carbocycles. The Kier molecular flexibility index (Phi) is 5.68. The van der Waals surface area contributed by atoms with Gasteiger partial charge in [0.2, 0.25) is 15.9 Å². The second kappa shape index (κ2) is 7.52. The number of fused-ring (bicyclic) bond motifs is 1. The topological polar surface area (TPSA) is 79.4 Å². The Hall–Kier alpha value is -1.99. The van der Waals surface area contributed by atoms with Gasteiger partial charge in [0.15, 0.2) is 0 Å². The highest BCUT2D eigenvalue weighted by Gasteiger charge is 2.19. The lowest BCUT2D eigenvalue weighted by atomic mass is 10.2. The number of nitrogens with one attached hydrogen (secondary N) is 1. The molecule has 124 valence electrons. The molecular formula is C16H21N3O3S. The van der Waals surface area contributed by atoms with Crippen LogP contribution in [0, 0.1) is 0 Å². The van der Waals surface area contributed by atoms with Crippen LogP contribution in [0.1, 0.15) is 19.8 Å². The zero-order valence-corrected chi connectivity index (χ0v) is 14.1. The van der Waals surface area contributed by atoms with Gasteiger partial charge in [0.25, 0.3) is 0 Å². The summed E-state index contributed by atoms with van der Waals surface area (Å²) < 4.78 is 24.7. The predicted octanol–water partition coefficient (Wildman–Crippen LogP) is 2.24. The minimum atomic E-state index is -3.41. The van der Waals surface area contributed by atoms with E-state index in [1.165, 1.54) is 4.31 Å². The number of carbonyl (C=O) groups excluding carboxylic acids is 1. The number of carbonyl (C=O) groups is 1. The third kappa shape index (κ3) is 4.74. The molecule has 0 aliphatic heterocycles. The average molecular weight is 335 g/mol. The molecule has 0 fully saturated rings. The lowest BCUT2D eigenvalue weighted by Gasteiger charge is -2.19.